The number of imidazole rings is 1. The molecule has 0 bridgehead atoms. The number of nitrogens with one attached hydrogen (secondary N) is 1. The number of carbonyl (C=O) groups is 1. The summed E-state index contributed by atoms with van der Waals surface area (Å²) >= 11 is 1.56. The van der Waals surface area contributed by atoms with Crippen molar-refractivity contribution in [2.75, 3.05) is 46.4 Å². The first-order valence-electron chi connectivity index (χ1n) is 11.0. The van der Waals surface area contributed by atoms with E-state index in [2.05, 4.69) is 41.5 Å². The molecule has 1 fully saturated rings. The second-order valence-corrected chi connectivity index (χ2v) is 9.22. The summed E-state index contributed by atoms with van der Waals surface area (Å²) in [6.45, 7) is 5.50. The number of fused-ring (bicyclic) bond motifs is 2. The van der Waals surface area contributed by atoms with E-state index in [1.54, 1.807) is 11.3 Å². The number of hydrogen-bond donors (Lipinski definition) is 1. The van der Waals surface area contributed by atoms with Gasteiger partial charge in [0, 0.05) is 44.3 Å². The van der Waals surface area contributed by atoms with E-state index in [1.807, 2.05) is 20.9 Å². The highest BCUT2D eigenvalue weighted by molar-refractivity contribution is 7.15. The van der Waals surface area contributed by atoms with E-state index in [1.165, 1.54) is 11.1 Å². The van der Waals surface area contributed by atoms with Crippen LogP contribution in [-0.2, 0) is 17.7 Å². The molecule has 164 valence electrons. The zero-order valence-corrected chi connectivity index (χ0v) is 18.7. The van der Waals surface area contributed by atoms with E-state index in [0.29, 0.717) is 18.8 Å². The van der Waals surface area contributed by atoms with E-state index >= 15 is 0 Å². The summed E-state index contributed by atoms with van der Waals surface area (Å²) < 4.78 is 8.08. The fourth-order valence-corrected chi connectivity index (χ4v) is 5.27. The highest BCUT2D eigenvalue weighted by atomic mass is 32.1. The molecule has 2 aromatic heterocycles. The van der Waals surface area contributed by atoms with Gasteiger partial charge >= 0.3 is 0 Å². The van der Waals surface area contributed by atoms with Crippen molar-refractivity contribution in [3.63, 3.8) is 0 Å². The molecule has 0 saturated carbocycles. The molecule has 7 nitrogen and oxygen atoms in total. The third kappa shape index (κ3) is 4.25. The van der Waals surface area contributed by atoms with Crippen LogP contribution in [0.3, 0.4) is 0 Å². The van der Waals surface area contributed by atoms with Crippen molar-refractivity contribution in [2.24, 2.45) is 0 Å². The van der Waals surface area contributed by atoms with Crippen molar-refractivity contribution in [2.45, 2.75) is 25.5 Å². The van der Waals surface area contributed by atoms with E-state index in [9.17, 15) is 4.79 Å². The Morgan fingerprint density at radius 3 is 3.10 bits per heavy atom. The lowest BCUT2D eigenvalue weighted by Gasteiger charge is -2.26. The molecule has 2 aliphatic heterocycles. The smallest absolute Gasteiger partial charge is 0.274 e. The molecule has 1 aromatic carbocycles. The fraction of sp³-hybridized carbons (Fsp3) is 0.478. The summed E-state index contributed by atoms with van der Waals surface area (Å²) in [4.78, 5) is 23.2. The lowest BCUT2D eigenvalue weighted by molar-refractivity contribution is 0.0422. The quantitative estimate of drug-likeness (QED) is 0.662. The van der Waals surface area contributed by atoms with Gasteiger partial charge in [-0.2, -0.15) is 0 Å². The summed E-state index contributed by atoms with van der Waals surface area (Å²) in [7, 11) is 2.11. The zero-order chi connectivity index (χ0) is 21.2. The molecule has 8 heteroatoms. The van der Waals surface area contributed by atoms with Gasteiger partial charge in [0.2, 0.25) is 0 Å². The Bertz CT molecular complexity index is 1060. The van der Waals surface area contributed by atoms with Gasteiger partial charge in [0.15, 0.2) is 10.7 Å². The second kappa shape index (κ2) is 9.08. The van der Waals surface area contributed by atoms with E-state index in [-0.39, 0.29) is 12.0 Å². The summed E-state index contributed by atoms with van der Waals surface area (Å²) in [6, 6.07) is 8.50. The molecule has 3 aromatic rings. The first kappa shape index (κ1) is 20.6. The molecule has 4 heterocycles. The van der Waals surface area contributed by atoms with Gasteiger partial charge < -0.3 is 19.9 Å². The van der Waals surface area contributed by atoms with Crippen LogP contribution in [0.4, 0.5) is 0 Å². The molecule has 1 atom stereocenters. The molecular weight excluding hydrogens is 410 g/mol. The number of benzene rings is 1. The predicted molar refractivity (Wildman–Crippen MR) is 122 cm³/mol. The van der Waals surface area contributed by atoms with Crippen LogP contribution in [0.1, 0.15) is 39.8 Å². The van der Waals surface area contributed by atoms with Crippen LogP contribution in [0, 0.1) is 0 Å². The normalized spacial score (nSPS) is 20.0. The van der Waals surface area contributed by atoms with Gasteiger partial charge in [-0.3, -0.25) is 9.20 Å². The minimum Gasteiger partial charge on any atom is -0.372 e. The van der Waals surface area contributed by atoms with Crippen molar-refractivity contribution >= 4 is 22.2 Å². The van der Waals surface area contributed by atoms with Crippen LogP contribution >= 0.6 is 11.3 Å². The lowest BCUT2D eigenvalue weighted by Crippen LogP contribution is -2.35. The van der Waals surface area contributed by atoms with Gasteiger partial charge in [-0.25, -0.2) is 4.98 Å². The number of nitrogens with zero attached hydrogens (tertiary/aromatic N) is 4. The summed E-state index contributed by atoms with van der Waals surface area (Å²) in [5, 5.41) is 5.55. The Balaban J connectivity index is 1.32. The van der Waals surface area contributed by atoms with Gasteiger partial charge in [-0.1, -0.05) is 24.3 Å². The Morgan fingerprint density at radius 1 is 1.26 bits per heavy atom. The average molecular weight is 440 g/mol. The minimum absolute atomic E-state index is 0.0381. The first-order valence-corrected chi connectivity index (χ1v) is 11.9. The van der Waals surface area contributed by atoms with Crippen molar-refractivity contribution in [1.82, 2.24) is 24.5 Å². The number of carbonyl (C=O) groups excluding carboxylic acids is 1. The number of rotatable bonds is 5. The molecule has 31 heavy (non-hydrogen) atoms. The van der Waals surface area contributed by atoms with Crippen molar-refractivity contribution in [1.29, 1.82) is 0 Å². The van der Waals surface area contributed by atoms with Crippen LogP contribution in [0.15, 0.2) is 35.8 Å². The third-order valence-electron chi connectivity index (χ3n) is 6.28. The highest BCUT2D eigenvalue weighted by Gasteiger charge is 2.26. The topological polar surface area (TPSA) is 62.1 Å². The molecule has 1 amide bonds. The van der Waals surface area contributed by atoms with Crippen LogP contribution < -0.4 is 5.32 Å². The van der Waals surface area contributed by atoms with Crippen LogP contribution in [0.25, 0.3) is 4.96 Å². The number of thiazole rings is 1. The number of hydrogen-bond acceptors (Lipinski definition) is 6. The zero-order valence-electron chi connectivity index (χ0n) is 17.9. The van der Waals surface area contributed by atoms with Crippen LogP contribution in [-0.4, -0.2) is 71.5 Å². The molecular formula is C23H29N5O2S. The predicted octanol–water partition coefficient (Wildman–Crippen LogP) is 2.58. The first-order chi connectivity index (χ1) is 15.2. The maximum Gasteiger partial charge on any atom is 0.274 e. The average Bonchev–Trinajstić information content (AvgIpc) is 3.31. The second-order valence-electron chi connectivity index (χ2n) is 8.35. The Labute approximate surface area is 186 Å². The molecule has 5 rings (SSSR count). The Morgan fingerprint density at radius 2 is 2.16 bits per heavy atom. The molecule has 2 aliphatic rings. The standard InChI is InChI=1S/C23H29N5O2S/c1-26-8-4-9-27(11-10-26)22(29)21-19(28-12-14-31-23(28)25-21)15-24-16-20-18-6-3-2-5-17(18)7-13-30-20/h2-3,5-6,12,14,20,24H,4,7-11,13,15-16H2,1H3. The van der Waals surface area contributed by atoms with Gasteiger partial charge in [0.25, 0.3) is 5.91 Å². The van der Waals surface area contributed by atoms with Gasteiger partial charge in [-0.05, 0) is 37.6 Å². The largest absolute Gasteiger partial charge is 0.372 e. The fourth-order valence-electron chi connectivity index (χ4n) is 4.54. The molecule has 0 aliphatic carbocycles. The van der Waals surface area contributed by atoms with Crippen LogP contribution in [0.2, 0.25) is 0 Å². The third-order valence-corrected chi connectivity index (χ3v) is 7.04. The molecule has 1 unspecified atom stereocenters. The molecule has 1 saturated heterocycles. The van der Waals surface area contributed by atoms with Crippen LogP contribution in [0.5, 0.6) is 0 Å². The number of ether oxygens (including phenoxy) is 1. The lowest BCUT2D eigenvalue weighted by atomic mass is 9.97. The van der Waals surface area contributed by atoms with Crippen molar-refractivity contribution < 1.29 is 9.53 Å². The maximum absolute atomic E-state index is 13.4. The van der Waals surface area contributed by atoms with E-state index in [0.717, 1.165) is 56.3 Å². The van der Waals surface area contributed by atoms with Gasteiger partial charge in [0.1, 0.15) is 0 Å². The summed E-state index contributed by atoms with van der Waals surface area (Å²) in [6.07, 6.45) is 4.00. The SMILES string of the molecule is CN1CCCN(C(=O)c2nc3sccn3c2CNCC2OCCc3ccccc32)CC1. The number of aromatic nitrogens is 2. The summed E-state index contributed by atoms with van der Waals surface area (Å²) in [5.41, 5.74) is 4.14. The maximum atomic E-state index is 13.4. The molecule has 0 spiro atoms. The van der Waals surface area contributed by atoms with E-state index in [4.69, 9.17) is 9.72 Å². The minimum atomic E-state index is 0.0381. The Kier molecular flexibility index (Phi) is 6.04. The van der Waals surface area contributed by atoms with E-state index < -0.39 is 0 Å². The highest BCUT2D eigenvalue weighted by Crippen LogP contribution is 2.26. The Hall–Kier alpha value is -2.26. The van der Waals surface area contributed by atoms with Crippen molar-refractivity contribution in [3.05, 3.63) is 58.4 Å². The van der Waals surface area contributed by atoms with Gasteiger partial charge in [-0.15, -0.1) is 11.3 Å². The molecule has 0 radical (unpaired) electrons. The molecule has 1 N–H and O–H groups in total. The number of likely N-dealkylation sites (N-methyl/N-ethyl adjacent to an activating group) is 1. The number of amides is 1. The monoisotopic (exact) mass is 439 g/mol. The summed E-state index contributed by atoms with van der Waals surface area (Å²) in [5.74, 6) is 0.0438. The van der Waals surface area contributed by atoms with Gasteiger partial charge in [0.05, 0.1) is 18.4 Å². The van der Waals surface area contributed by atoms with Crippen molar-refractivity contribution in [3.8, 4) is 0 Å².